The van der Waals surface area contributed by atoms with Crippen molar-refractivity contribution < 1.29 is 4.79 Å². The first kappa shape index (κ1) is 14.1. The first-order chi connectivity index (χ1) is 9.43. The molecule has 108 valence electrons. The van der Waals surface area contributed by atoms with Crippen LogP contribution in [0.15, 0.2) is 15.9 Å². The largest absolute Gasteiger partial charge is 0.345 e. The number of rotatable bonds is 2. The maximum Gasteiger partial charge on any atom is 0.235 e. The average molecular weight is 356 g/mol. The van der Waals surface area contributed by atoms with Gasteiger partial charge in [0.2, 0.25) is 5.91 Å². The summed E-state index contributed by atoms with van der Waals surface area (Å²) in [6.07, 6.45) is 3.43. The van der Waals surface area contributed by atoms with E-state index >= 15 is 0 Å². The summed E-state index contributed by atoms with van der Waals surface area (Å²) >= 11 is 5.13. The first-order valence-corrected chi connectivity index (χ1v) is 8.49. The second kappa shape index (κ2) is 4.84. The molecule has 2 fully saturated rings. The van der Waals surface area contributed by atoms with Crippen LogP contribution >= 0.6 is 27.3 Å². The number of nitrogens with one attached hydrogen (secondary N) is 2. The third-order valence-corrected chi connectivity index (χ3v) is 6.56. The average Bonchev–Trinajstić information content (AvgIpc) is 2.77. The van der Waals surface area contributed by atoms with Gasteiger partial charge in [0.25, 0.3) is 0 Å². The molecule has 1 aromatic heterocycles. The highest BCUT2D eigenvalue weighted by Crippen LogP contribution is 2.47. The van der Waals surface area contributed by atoms with Crippen LogP contribution in [-0.4, -0.2) is 23.8 Å². The standard InChI is InChI=1S/C14H18BrN3OS/c1-14(10-6-9(15)7-20-10)11(8-4-3-5-8)12(19)18(2)13(16)17-14/h6-8,11H,3-5H2,1-2H3,(H2,16,17)/t11-,14-/m1/s1. The molecule has 1 aromatic rings. The third-order valence-electron chi connectivity index (χ3n) is 4.63. The topological polar surface area (TPSA) is 56.2 Å². The fraction of sp³-hybridized carbons (Fsp3) is 0.571. The van der Waals surface area contributed by atoms with E-state index < -0.39 is 5.54 Å². The number of thiophene rings is 1. The van der Waals surface area contributed by atoms with Crippen molar-refractivity contribution in [2.24, 2.45) is 11.8 Å². The van der Waals surface area contributed by atoms with Crippen LogP contribution in [0.25, 0.3) is 0 Å². The van der Waals surface area contributed by atoms with E-state index in [2.05, 4.69) is 34.2 Å². The van der Waals surface area contributed by atoms with Crippen molar-refractivity contribution in [2.45, 2.75) is 31.7 Å². The molecule has 1 saturated carbocycles. The van der Waals surface area contributed by atoms with Gasteiger partial charge in [0.15, 0.2) is 5.96 Å². The smallest absolute Gasteiger partial charge is 0.235 e. The van der Waals surface area contributed by atoms with Crippen molar-refractivity contribution in [3.63, 3.8) is 0 Å². The highest BCUT2D eigenvalue weighted by Gasteiger charge is 2.52. The predicted molar refractivity (Wildman–Crippen MR) is 83.8 cm³/mol. The van der Waals surface area contributed by atoms with Gasteiger partial charge in [0, 0.05) is 21.8 Å². The number of amides is 1. The lowest BCUT2D eigenvalue weighted by Crippen LogP contribution is -2.65. The summed E-state index contributed by atoms with van der Waals surface area (Å²) in [4.78, 5) is 15.3. The lowest BCUT2D eigenvalue weighted by atomic mass is 9.66. The molecule has 1 saturated heterocycles. The Hall–Kier alpha value is -0.880. The van der Waals surface area contributed by atoms with E-state index in [1.54, 1.807) is 18.4 Å². The number of hydrogen-bond donors (Lipinski definition) is 2. The zero-order valence-corrected chi connectivity index (χ0v) is 14.0. The summed E-state index contributed by atoms with van der Waals surface area (Å²) in [6, 6.07) is 2.06. The Morgan fingerprint density at radius 2 is 2.25 bits per heavy atom. The number of guanidine groups is 1. The molecule has 2 N–H and O–H groups in total. The van der Waals surface area contributed by atoms with Crippen LogP contribution in [0.1, 0.15) is 31.1 Å². The molecule has 2 heterocycles. The van der Waals surface area contributed by atoms with E-state index in [-0.39, 0.29) is 17.8 Å². The maximum atomic E-state index is 12.7. The molecule has 6 heteroatoms. The zero-order chi connectivity index (χ0) is 14.5. The van der Waals surface area contributed by atoms with E-state index in [1.807, 2.05) is 5.38 Å². The summed E-state index contributed by atoms with van der Waals surface area (Å²) in [6.45, 7) is 2.06. The van der Waals surface area contributed by atoms with E-state index in [1.165, 1.54) is 11.3 Å². The van der Waals surface area contributed by atoms with Gasteiger partial charge in [0.1, 0.15) is 0 Å². The summed E-state index contributed by atoms with van der Waals surface area (Å²) in [7, 11) is 1.69. The predicted octanol–water partition coefficient (Wildman–Crippen LogP) is 3.14. The molecular weight excluding hydrogens is 338 g/mol. The van der Waals surface area contributed by atoms with Crippen LogP contribution in [0.4, 0.5) is 0 Å². The minimum absolute atomic E-state index is 0.0745. The molecule has 2 aliphatic rings. The normalized spacial score (nSPS) is 31.1. The van der Waals surface area contributed by atoms with Crippen molar-refractivity contribution >= 4 is 39.1 Å². The van der Waals surface area contributed by atoms with Gasteiger partial charge in [0.05, 0.1) is 11.5 Å². The van der Waals surface area contributed by atoms with Crippen molar-refractivity contribution in [1.82, 2.24) is 10.2 Å². The summed E-state index contributed by atoms with van der Waals surface area (Å²) in [5.74, 6) is 0.611. The zero-order valence-electron chi connectivity index (χ0n) is 11.6. The van der Waals surface area contributed by atoms with Gasteiger partial charge in [-0.15, -0.1) is 11.3 Å². The van der Waals surface area contributed by atoms with Crippen molar-refractivity contribution in [1.29, 1.82) is 5.41 Å². The number of carbonyl (C=O) groups excluding carboxylic acids is 1. The number of carbonyl (C=O) groups is 1. The van der Waals surface area contributed by atoms with Gasteiger partial charge < -0.3 is 5.32 Å². The van der Waals surface area contributed by atoms with E-state index in [0.717, 1.165) is 22.2 Å². The minimum atomic E-state index is -0.470. The van der Waals surface area contributed by atoms with Gasteiger partial charge in [-0.2, -0.15) is 0 Å². The summed E-state index contributed by atoms with van der Waals surface area (Å²) < 4.78 is 1.03. The Morgan fingerprint density at radius 3 is 2.75 bits per heavy atom. The van der Waals surface area contributed by atoms with Crippen LogP contribution in [0.3, 0.4) is 0 Å². The molecular formula is C14H18BrN3OS. The maximum absolute atomic E-state index is 12.7. The van der Waals surface area contributed by atoms with Gasteiger partial charge >= 0.3 is 0 Å². The lowest BCUT2D eigenvalue weighted by Gasteiger charge is -2.49. The third kappa shape index (κ3) is 2.00. The first-order valence-electron chi connectivity index (χ1n) is 6.82. The molecule has 3 rings (SSSR count). The van der Waals surface area contributed by atoms with E-state index in [0.29, 0.717) is 5.92 Å². The van der Waals surface area contributed by atoms with E-state index in [4.69, 9.17) is 5.41 Å². The minimum Gasteiger partial charge on any atom is -0.345 e. The van der Waals surface area contributed by atoms with Crippen LogP contribution < -0.4 is 5.32 Å². The molecule has 1 amide bonds. The Bertz CT molecular complexity index is 569. The fourth-order valence-corrected chi connectivity index (χ4v) is 4.81. The molecule has 20 heavy (non-hydrogen) atoms. The van der Waals surface area contributed by atoms with Crippen molar-refractivity contribution in [3.8, 4) is 0 Å². The van der Waals surface area contributed by atoms with Gasteiger partial charge in [-0.25, -0.2) is 0 Å². The summed E-state index contributed by atoms with van der Waals surface area (Å²) in [5.41, 5.74) is -0.470. The number of halogens is 1. The van der Waals surface area contributed by atoms with Crippen molar-refractivity contribution in [2.75, 3.05) is 7.05 Å². The Balaban J connectivity index is 2.04. The van der Waals surface area contributed by atoms with Crippen LogP contribution in [-0.2, 0) is 10.3 Å². The Morgan fingerprint density at radius 1 is 1.55 bits per heavy atom. The molecule has 4 nitrogen and oxygen atoms in total. The Labute approximate surface area is 131 Å². The second-order valence-electron chi connectivity index (χ2n) is 5.87. The SMILES string of the molecule is CN1C(=N)N[C@](C)(c2cc(Br)cs2)[C@H](C2CCC2)C1=O. The van der Waals surface area contributed by atoms with Gasteiger partial charge in [-0.3, -0.25) is 15.1 Å². The highest BCUT2D eigenvalue weighted by atomic mass is 79.9. The number of nitrogens with zero attached hydrogens (tertiary/aromatic N) is 1. The molecule has 0 spiro atoms. The second-order valence-corrected chi connectivity index (χ2v) is 7.70. The highest BCUT2D eigenvalue weighted by molar-refractivity contribution is 9.10. The molecule has 2 atom stereocenters. The van der Waals surface area contributed by atoms with E-state index in [9.17, 15) is 4.79 Å². The fourth-order valence-electron chi connectivity index (χ4n) is 3.22. The molecule has 0 unspecified atom stereocenters. The molecule has 1 aliphatic carbocycles. The monoisotopic (exact) mass is 355 g/mol. The van der Waals surface area contributed by atoms with Crippen LogP contribution in [0.2, 0.25) is 0 Å². The van der Waals surface area contributed by atoms with Crippen LogP contribution in [0, 0.1) is 17.2 Å². The molecule has 0 bridgehead atoms. The van der Waals surface area contributed by atoms with Gasteiger partial charge in [-0.1, -0.05) is 6.42 Å². The molecule has 1 aliphatic heterocycles. The lowest BCUT2D eigenvalue weighted by molar-refractivity contribution is -0.139. The van der Waals surface area contributed by atoms with Crippen molar-refractivity contribution in [3.05, 3.63) is 20.8 Å². The summed E-state index contributed by atoms with van der Waals surface area (Å²) in [5, 5.41) is 13.3. The quantitative estimate of drug-likeness (QED) is 0.855. The molecule has 0 aromatic carbocycles. The molecule has 0 radical (unpaired) electrons. The number of hydrogen-bond acceptors (Lipinski definition) is 3. The Kier molecular flexibility index (Phi) is 3.41. The van der Waals surface area contributed by atoms with Gasteiger partial charge in [-0.05, 0) is 47.7 Å². The van der Waals surface area contributed by atoms with Crippen LogP contribution in [0.5, 0.6) is 0 Å².